The Kier molecular flexibility index (Phi) is 13.1. The second kappa shape index (κ2) is 19.8. The average molecular weight is 835 g/mol. The monoisotopic (exact) mass is 834 g/mol. The van der Waals surface area contributed by atoms with Crippen molar-refractivity contribution >= 4 is 64.6 Å². The van der Waals surface area contributed by atoms with Gasteiger partial charge in [0.15, 0.2) is 0 Å². The Labute approximate surface area is 379 Å². The summed E-state index contributed by atoms with van der Waals surface area (Å²) in [6, 6.07) is 52.0. The number of hydrogen-bond acceptors (Lipinski definition) is 2. The molecule has 0 radical (unpaired) electrons. The molecule has 0 bridgehead atoms. The highest BCUT2D eigenvalue weighted by Crippen LogP contribution is 2.44. The van der Waals surface area contributed by atoms with Crippen LogP contribution in [-0.2, 0) is 0 Å². The Morgan fingerprint density at radius 1 is 0.375 bits per heavy atom. The van der Waals surface area contributed by atoms with Crippen molar-refractivity contribution in [3.05, 3.63) is 168 Å². The number of unbranched alkanes of at least 4 members (excludes halogenated alkanes) is 2. The van der Waals surface area contributed by atoms with Gasteiger partial charge in [-0.2, -0.15) is 0 Å². The van der Waals surface area contributed by atoms with Crippen molar-refractivity contribution in [1.82, 2.24) is 0 Å². The summed E-state index contributed by atoms with van der Waals surface area (Å²) < 4.78 is 14.2. The van der Waals surface area contributed by atoms with Crippen molar-refractivity contribution in [3.8, 4) is 35.2 Å². The predicted molar refractivity (Wildman–Crippen MR) is 274 cm³/mol. The van der Waals surface area contributed by atoms with E-state index >= 15 is 0 Å². The quantitative estimate of drug-likeness (QED) is 0.0803. The van der Waals surface area contributed by atoms with Gasteiger partial charge in [0.25, 0.3) is 0 Å². The van der Waals surface area contributed by atoms with Gasteiger partial charge in [-0.1, -0.05) is 187 Å². The molecule has 0 aliphatic carbocycles. The highest BCUT2D eigenvalue weighted by atomic mass is 16.5. The van der Waals surface area contributed by atoms with Gasteiger partial charge in [-0.25, -0.2) is 0 Å². The van der Waals surface area contributed by atoms with Crippen molar-refractivity contribution < 1.29 is 9.47 Å². The van der Waals surface area contributed by atoms with Crippen LogP contribution < -0.4 is 9.47 Å². The lowest BCUT2D eigenvalue weighted by Crippen LogP contribution is -2.13. The summed E-state index contributed by atoms with van der Waals surface area (Å²) in [6.45, 7) is 10.4. The lowest BCUT2D eigenvalue weighted by molar-refractivity contribution is 0.234. The van der Waals surface area contributed by atoms with Crippen molar-refractivity contribution in [1.29, 1.82) is 0 Å². The van der Waals surface area contributed by atoms with Gasteiger partial charge in [0.1, 0.15) is 11.5 Å². The standard InChI is InChI=1S/C62H58O2/c1-5-9-19-43(7-3)41-63-61-57-35-31-46(30-34-56-53-27-17-13-23-49(53)40-50-24-14-18-28-54(50)56)38-60(57)62(64-42-44(8-4)20-10-6-2)58-36-32-45(37-59(58)61)29-33-55-51-25-15-11-21-47(51)39-48-22-12-16-26-52(48)55/h11-18,21-28,31-32,35-40,43-44H,5-10,19-20,41-42H2,1-4H3. The fourth-order valence-electron chi connectivity index (χ4n) is 9.38. The summed E-state index contributed by atoms with van der Waals surface area (Å²) in [5, 5.41) is 13.6. The van der Waals surface area contributed by atoms with Gasteiger partial charge in [0, 0.05) is 43.8 Å². The van der Waals surface area contributed by atoms with E-state index in [1.165, 1.54) is 68.8 Å². The molecule has 0 saturated carbocycles. The van der Waals surface area contributed by atoms with Crippen molar-refractivity contribution in [2.24, 2.45) is 11.8 Å². The van der Waals surface area contributed by atoms with Crippen LogP contribution in [0.2, 0.25) is 0 Å². The third-order valence-corrected chi connectivity index (χ3v) is 13.2. The summed E-state index contributed by atoms with van der Waals surface area (Å²) in [5.74, 6) is 17.3. The zero-order valence-electron chi connectivity index (χ0n) is 37.9. The lowest BCUT2D eigenvalue weighted by Gasteiger charge is -2.22. The van der Waals surface area contributed by atoms with Crippen LogP contribution in [0.25, 0.3) is 64.6 Å². The molecular weight excluding hydrogens is 777 g/mol. The first kappa shape index (κ1) is 42.6. The minimum atomic E-state index is 0.466. The molecule has 9 aromatic rings. The highest BCUT2D eigenvalue weighted by molar-refractivity contribution is 6.12. The molecule has 0 aromatic heterocycles. The third kappa shape index (κ3) is 8.89. The lowest BCUT2D eigenvalue weighted by atomic mass is 9.95. The second-order valence-corrected chi connectivity index (χ2v) is 17.5. The summed E-state index contributed by atoms with van der Waals surface area (Å²) in [4.78, 5) is 0. The topological polar surface area (TPSA) is 18.5 Å². The number of benzene rings is 9. The number of rotatable bonds is 14. The Bertz CT molecular complexity index is 2930. The first-order valence-electron chi connectivity index (χ1n) is 23.7. The zero-order chi connectivity index (χ0) is 43.8. The fourth-order valence-corrected chi connectivity index (χ4v) is 9.38. The van der Waals surface area contributed by atoms with E-state index in [1.807, 2.05) is 0 Å². The maximum Gasteiger partial charge on any atom is 0.135 e. The van der Waals surface area contributed by atoms with Crippen molar-refractivity contribution in [3.63, 3.8) is 0 Å². The Morgan fingerprint density at radius 2 is 0.734 bits per heavy atom. The van der Waals surface area contributed by atoms with Gasteiger partial charge < -0.3 is 9.47 Å². The van der Waals surface area contributed by atoms with E-state index in [9.17, 15) is 0 Å². The van der Waals surface area contributed by atoms with Crippen LogP contribution in [0.15, 0.2) is 146 Å². The van der Waals surface area contributed by atoms with E-state index in [1.54, 1.807) is 0 Å². The molecule has 0 aliphatic rings. The smallest absolute Gasteiger partial charge is 0.135 e. The van der Waals surface area contributed by atoms with E-state index in [4.69, 9.17) is 9.47 Å². The average Bonchev–Trinajstić information content (AvgIpc) is 3.34. The van der Waals surface area contributed by atoms with Crippen LogP contribution in [0.3, 0.4) is 0 Å². The molecule has 2 nitrogen and oxygen atoms in total. The molecule has 0 saturated heterocycles. The number of fused-ring (bicyclic) bond motifs is 6. The van der Waals surface area contributed by atoms with Crippen molar-refractivity contribution in [2.75, 3.05) is 13.2 Å². The van der Waals surface area contributed by atoms with Gasteiger partial charge >= 0.3 is 0 Å². The first-order valence-corrected chi connectivity index (χ1v) is 23.7. The van der Waals surface area contributed by atoms with Gasteiger partial charge in [0.05, 0.1) is 13.2 Å². The summed E-state index contributed by atoms with van der Waals surface area (Å²) in [7, 11) is 0. The summed E-state index contributed by atoms with van der Waals surface area (Å²) in [5.41, 5.74) is 3.99. The largest absolute Gasteiger partial charge is 0.492 e. The Balaban J connectivity index is 1.23. The van der Waals surface area contributed by atoms with Crippen LogP contribution in [0.5, 0.6) is 11.5 Å². The predicted octanol–water partition coefficient (Wildman–Crippen LogP) is 16.6. The van der Waals surface area contributed by atoms with E-state index in [0.29, 0.717) is 25.0 Å². The van der Waals surface area contributed by atoms with E-state index < -0.39 is 0 Å². The van der Waals surface area contributed by atoms with E-state index in [2.05, 4.69) is 197 Å². The SMILES string of the molecule is CCCCC(CC)COc1c2ccc(C#Cc3c4ccccc4cc4ccccc34)cc2c(OCC(CC)CCCC)c2ccc(C#Cc3c4ccccc4cc4ccccc34)cc12. The number of ether oxygens (including phenoxy) is 2. The minimum Gasteiger partial charge on any atom is -0.492 e. The molecule has 318 valence electrons. The second-order valence-electron chi connectivity index (χ2n) is 17.5. The summed E-state index contributed by atoms with van der Waals surface area (Å²) in [6.07, 6.45) is 9.20. The first-order chi connectivity index (χ1) is 31.6. The molecule has 9 rings (SSSR count). The molecule has 0 heterocycles. The molecule has 0 spiro atoms. The summed E-state index contributed by atoms with van der Waals surface area (Å²) >= 11 is 0. The van der Waals surface area contributed by atoms with E-state index in [-0.39, 0.29) is 0 Å². The van der Waals surface area contributed by atoms with Crippen LogP contribution in [0.1, 0.15) is 101 Å². The fraction of sp³-hybridized carbons (Fsp3) is 0.258. The number of hydrogen-bond donors (Lipinski definition) is 0. The third-order valence-electron chi connectivity index (χ3n) is 13.2. The van der Waals surface area contributed by atoms with Gasteiger partial charge in [0.2, 0.25) is 0 Å². The van der Waals surface area contributed by atoms with Crippen LogP contribution >= 0.6 is 0 Å². The Hall–Kier alpha value is -6.74. The maximum absolute atomic E-state index is 7.10. The molecule has 9 aromatic carbocycles. The molecule has 0 N–H and O–H groups in total. The van der Waals surface area contributed by atoms with Crippen LogP contribution in [-0.4, -0.2) is 13.2 Å². The Morgan fingerprint density at radius 3 is 1.08 bits per heavy atom. The molecular formula is C62H58O2. The normalized spacial score (nSPS) is 12.3. The maximum atomic E-state index is 7.10. The molecule has 2 atom stereocenters. The van der Waals surface area contributed by atoms with Gasteiger partial charge in [-0.3, -0.25) is 0 Å². The molecule has 0 amide bonds. The zero-order valence-corrected chi connectivity index (χ0v) is 37.9. The van der Waals surface area contributed by atoms with Crippen LogP contribution in [0, 0.1) is 35.5 Å². The molecule has 0 aliphatic heterocycles. The molecule has 0 fully saturated rings. The van der Waals surface area contributed by atoms with Gasteiger partial charge in [-0.05, 0) is 116 Å². The molecule has 64 heavy (non-hydrogen) atoms. The minimum absolute atomic E-state index is 0.466. The molecule has 2 heteroatoms. The highest BCUT2D eigenvalue weighted by Gasteiger charge is 2.20. The van der Waals surface area contributed by atoms with Crippen LogP contribution in [0.4, 0.5) is 0 Å². The molecule has 2 unspecified atom stereocenters. The van der Waals surface area contributed by atoms with E-state index in [0.717, 1.165) is 81.0 Å². The van der Waals surface area contributed by atoms with Gasteiger partial charge in [-0.15, -0.1) is 0 Å². The van der Waals surface area contributed by atoms with Crippen molar-refractivity contribution in [2.45, 2.75) is 79.1 Å².